The van der Waals surface area contributed by atoms with Crippen LogP contribution in [0.25, 0.3) is 132 Å². The average molecular weight is 839 g/mol. The fourth-order valence-corrected chi connectivity index (χ4v) is 10.8. The number of nitrogens with zero attached hydrogens (tertiary/aromatic N) is 4. The Bertz CT molecular complexity index is 4280. The molecule has 66 heavy (non-hydrogen) atoms. The molecule has 0 fully saturated rings. The van der Waals surface area contributed by atoms with Crippen LogP contribution < -0.4 is 0 Å². The Labute approximate surface area is 379 Å². The van der Waals surface area contributed by atoms with Gasteiger partial charge in [0.25, 0.3) is 0 Å². The molecule has 14 aromatic rings. The van der Waals surface area contributed by atoms with Crippen molar-refractivity contribution in [3.8, 4) is 45.1 Å². The molecule has 3 heterocycles. The van der Waals surface area contributed by atoms with Crippen molar-refractivity contribution in [2.75, 3.05) is 0 Å². The van der Waals surface area contributed by atoms with E-state index in [9.17, 15) is 0 Å². The Morgan fingerprint density at radius 3 is 1.79 bits per heavy atom. The van der Waals surface area contributed by atoms with E-state index in [2.05, 4.69) is 240 Å². The first-order chi connectivity index (χ1) is 32.7. The quantitative estimate of drug-likeness (QED) is 0.173. The van der Waals surface area contributed by atoms with Crippen LogP contribution >= 0.6 is 0 Å². The summed E-state index contributed by atoms with van der Waals surface area (Å²) < 4.78 is 4.85. The van der Waals surface area contributed by atoms with Gasteiger partial charge in [0, 0.05) is 49.1 Å². The van der Waals surface area contributed by atoms with Crippen LogP contribution in [0.2, 0.25) is 0 Å². The van der Waals surface area contributed by atoms with E-state index >= 15 is 0 Å². The second-order valence-corrected chi connectivity index (χ2v) is 17.3. The van der Waals surface area contributed by atoms with Crippen molar-refractivity contribution < 1.29 is 0 Å². The summed E-state index contributed by atoms with van der Waals surface area (Å²) in [6.45, 7) is 0. The minimum atomic E-state index is 0.696. The minimum absolute atomic E-state index is 0.696. The van der Waals surface area contributed by atoms with Gasteiger partial charge in [0.05, 0.1) is 39.0 Å². The summed E-state index contributed by atoms with van der Waals surface area (Å²) in [5, 5.41) is 13.1. The van der Waals surface area contributed by atoms with Gasteiger partial charge in [-0.2, -0.15) is 0 Å². The first-order valence-electron chi connectivity index (χ1n) is 22.6. The van der Waals surface area contributed by atoms with Gasteiger partial charge in [0.2, 0.25) is 0 Å². The van der Waals surface area contributed by atoms with Crippen LogP contribution in [0.3, 0.4) is 0 Å². The Balaban J connectivity index is 1.00. The largest absolute Gasteiger partial charge is 0.309 e. The lowest BCUT2D eigenvalue weighted by atomic mass is 9.94. The average Bonchev–Trinajstić information content (AvgIpc) is 3.89. The molecule has 0 aliphatic heterocycles. The van der Waals surface area contributed by atoms with Gasteiger partial charge in [-0.25, -0.2) is 9.97 Å². The Morgan fingerprint density at radius 1 is 0.303 bits per heavy atom. The summed E-state index contributed by atoms with van der Waals surface area (Å²) in [6.07, 6.45) is 0. The van der Waals surface area contributed by atoms with Gasteiger partial charge in [-0.1, -0.05) is 170 Å². The molecule has 0 saturated carbocycles. The molecular weight excluding hydrogens is 801 g/mol. The van der Waals surface area contributed by atoms with Gasteiger partial charge in [-0.15, -0.1) is 0 Å². The van der Waals surface area contributed by atoms with Crippen molar-refractivity contribution in [2.24, 2.45) is 0 Å². The van der Waals surface area contributed by atoms with Gasteiger partial charge < -0.3 is 9.13 Å². The standard InChI is InChI=1S/C62H38N4/c1-2-20-43(21-3-1)65-55-30-13-11-25-48(55)49-33-32-42(38-58(49)65)61-52-26-10-12-29-54(52)63-62(64-61)51-34-35-56(47-24-9-8-23-46(47)51)66-57-31-15-28-50(45-27-14-19-39-16-6-7-22-44(39)45)60(57)53-36-40-17-4-5-18-41(40)37-59(53)66/h1-38H. The third-order valence-corrected chi connectivity index (χ3v) is 13.7. The summed E-state index contributed by atoms with van der Waals surface area (Å²) in [5.74, 6) is 0.696. The monoisotopic (exact) mass is 838 g/mol. The number of fused-ring (bicyclic) bond motifs is 10. The molecule has 14 rings (SSSR count). The number of hydrogen-bond donors (Lipinski definition) is 0. The normalized spacial score (nSPS) is 11.9. The van der Waals surface area contributed by atoms with Gasteiger partial charge in [-0.3, -0.25) is 0 Å². The minimum Gasteiger partial charge on any atom is -0.309 e. The third kappa shape index (κ3) is 5.45. The van der Waals surface area contributed by atoms with E-state index in [0.29, 0.717) is 5.82 Å². The Kier molecular flexibility index (Phi) is 7.95. The van der Waals surface area contributed by atoms with Crippen LogP contribution in [0.15, 0.2) is 231 Å². The predicted molar refractivity (Wildman–Crippen MR) is 277 cm³/mol. The molecule has 0 radical (unpaired) electrons. The molecular formula is C62H38N4. The molecule has 0 aliphatic rings. The molecule has 4 heteroatoms. The maximum absolute atomic E-state index is 5.52. The SMILES string of the molecule is c1ccc(-n2c3ccccc3c3ccc(-c4nc(-c5ccc(-n6c7cc8ccccc8cc7c7c(-c8cccc9ccccc89)cccc76)c6ccccc56)nc5ccccc45)cc32)cc1. The number of para-hydroxylation sites is 3. The zero-order valence-corrected chi connectivity index (χ0v) is 35.7. The van der Waals surface area contributed by atoms with Gasteiger partial charge in [-0.05, 0) is 98.7 Å². The zero-order valence-electron chi connectivity index (χ0n) is 35.7. The van der Waals surface area contributed by atoms with Crippen LogP contribution in [0, 0.1) is 0 Å². The number of benzene rings is 11. The lowest BCUT2D eigenvalue weighted by molar-refractivity contribution is 1.18. The lowest BCUT2D eigenvalue weighted by Crippen LogP contribution is -1.99. The highest BCUT2D eigenvalue weighted by atomic mass is 15.0. The van der Waals surface area contributed by atoms with Gasteiger partial charge >= 0.3 is 0 Å². The van der Waals surface area contributed by atoms with E-state index in [-0.39, 0.29) is 0 Å². The van der Waals surface area contributed by atoms with E-state index in [4.69, 9.17) is 9.97 Å². The van der Waals surface area contributed by atoms with Crippen LogP contribution in [-0.4, -0.2) is 19.1 Å². The first-order valence-corrected chi connectivity index (χ1v) is 22.6. The number of rotatable bonds is 5. The highest BCUT2D eigenvalue weighted by Gasteiger charge is 2.22. The second-order valence-electron chi connectivity index (χ2n) is 17.3. The summed E-state index contributed by atoms with van der Waals surface area (Å²) in [5.41, 5.74) is 13.2. The molecule has 0 N–H and O–H groups in total. The van der Waals surface area contributed by atoms with Crippen LogP contribution in [-0.2, 0) is 0 Å². The zero-order chi connectivity index (χ0) is 43.3. The fourth-order valence-electron chi connectivity index (χ4n) is 10.8. The summed E-state index contributed by atoms with van der Waals surface area (Å²) in [6, 6.07) is 83.4. The Morgan fingerprint density at radius 2 is 0.924 bits per heavy atom. The molecule has 0 amide bonds. The molecule has 0 aliphatic carbocycles. The maximum atomic E-state index is 5.52. The Hall–Kier alpha value is -8.86. The van der Waals surface area contributed by atoms with Crippen LogP contribution in [0.1, 0.15) is 0 Å². The second kappa shape index (κ2) is 14.3. The van der Waals surface area contributed by atoms with E-state index in [0.717, 1.165) is 60.9 Å². The summed E-state index contributed by atoms with van der Waals surface area (Å²) >= 11 is 0. The van der Waals surface area contributed by atoms with Crippen LogP contribution in [0.5, 0.6) is 0 Å². The molecule has 0 atom stereocenters. The number of aromatic nitrogens is 4. The molecule has 4 nitrogen and oxygen atoms in total. The van der Waals surface area contributed by atoms with Crippen molar-refractivity contribution in [3.05, 3.63) is 231 Å². The topological polar surface area (TPSA) is 35.6 Å². The van der Waals surface area contributed by atoms with E-state index in [1.165, 1.54) is 65.3 Å². The third-order valence-electron chi connectivity index (χ3n) is 13.7. The van der Waals surface area contributed by atoms with Crippen LogP contribution in [0.4, 0.5) is 0 Å². The van der Waals surface area contributed by atoms with E-state index in [1.54, 1.807) is 0 Å². The van der Waals surface area contributed by atoms with Crippen molar-refractivity contribution in [1.82, 2.24) is 19.1 Å². The molecule has 0 unspecified atom stereocenters. The molecule has 3 aromatic heterocycles. The fraction of sp³-hybridized carbons (Fsp3) is 0. The molecule has 0 bridgehead atoms. The maximum Gasteiger partial charge on any atom is 0.161 e. The van der Waals surface area contributed by atoms with Crippen molar-refractivity contribution in [2.45, 2.75) is 0 Å². The lowest BCUT2D eigenvalue weighted by Gasteiger charge is -2.16. The first kappa shape index (κ1) is 36.6. The van der Waals surface area contributed by atoms with Gasteiger partial charge in [0.1, 0.15) is 0 Å². The summed E-state index contributed by atoms with van der Waals surface area (Å²) in [4.78, 5) is 10.8. The van der Waals surface area contributed by atoms with E-state index in [1.807, 2.05) is 0 Å². The van der Waals surface area contributed by atoms with Gasteiger partial charge in [0.15, 0.2) is 5.82 Å². The van der Waals surface area contributed by atoms with Crippen molar-refractivity contribution in [3.63, 3.8) is 0 Å². The van der Waals surface area contributed by atoms with Crippen molar-refractivity contribution in [1.29, 1.82) is 0 Å². The molecule has 11 aromatic carbocycles. The van der Waals surface area contributed by atoms with E-state index < -0.39 is 0 Å². The highest BCUT2D eigenvalue weighted by molar-refractivity contribution is 6.21. The number of hydrogen-bond acceptors (Lipinski definition) is 2. The summed E-state index contributed by atoms with van der Waals surface area (Å²) in [7, 11) is 0. The smallest absolute Gasteiger partial charge is 0.161 e. The predicted octanol–water partition coefficient (Wildman–Crippen LogP) is 16.3. The highest BCUT2D eigenvalue weighted by Crippen LogP contribution is 2.44. The molecule has 306 valence electrons. The molecule has 0 saturated heterocycles. The molecule has 0 spiro atoms. The van der Waals surface area contributed by atoms with Crippen molar-refractivity contribution >= 4 is 86.8 Å².